The molecule has 1 fully saturated rings. The van der Waals surface area contributed by atoms with Crippen LogP contribution in [0.3, 0.4) is 0 Å². The molecule has 0 unspecified atom stereocenters. The van der Waals surface area contributed by atoms with Gasteiger partial charge in [0.1, 0.15) is 11.7 Å². The van der Waals surface area contributed by atoms with Crippen molar-refractivity contribution in [3.05, 3.63) is 53.2 Å². The molecule has 8 nitrogen and oxygen atoms in total. The first-order valence-electron chi connectivity index (χ1n) is 10.9. The lowest BCUT2D eigenvalue weighted by atomic mass is 9.88. The number of nitrogens with one attached hydrogen (secondary N) is 1. The van der Waals surface area contributed by atoms with Crippen molar-refractivity contribution >= 4 is 15.9 Å². The summed E-state index contributed by atoms with van der Waals surface area (Å²) in [6.45, 7) is 6.71. The van der Waals surface area contributed by atoms with Crippen LogP contribution in [0.15, 0.2) is 41.4 Å². The van der Waals surface area contributed by atoms with Gasteiger partial charge in [0.05, 0.1) is 16.5 Å². The zero-order valence-corrected chi connectivity index (χ0v) is 19.4. The number of aryl methyl sites for hydroxylation is 1. The van der Waals surface area contributed by atoms with Crippen molar-refractivity contribution in [2.45, 2.75) is 62.7 Å². The monoisotopic (exact) mass is 459 g/mol. The van der Waals surface area contributed by atoms with Crippen LogP contribution in [0.2, 0.25) is 0 Å². The molecule has 4 rings (SSSR count). The number of likely N-dealkylation sites (tertiary alicyclic amines) is 1. The fourth-order valence-corrected chi connectivity index (χ4v) is 5.37. The summed E-state index contributed by atoms with van der Waals surface area (Å²) in [7, 11) is -3.95. The first-order valence-corrected chi connectivity index (χ1v) is 12.4. The van der Waals surface area contributed by atoms with Crippen molar-refractivity contribution in [3.8, 4) is 5.88 Å². The van der Waals surface area contributed by atoms with Gasteiger partial charge < -0.3 is 14.7 Å². The van der Waals surface area contributed by atoms with Gasteiger partial charge >= 0.3 is 0 Å². The summed E-state index contributed by atoms with van der Waals surface area (Å²) in [6.07, 6.45) is 2.97. The van der Waals surface area contributed by atoms with Gasteiger partial charge in [-0.25, -0.2) is 18.1 Å². The molecule has 1 saturated heterocycles. The summed E-state index contributed by atoms with van der Waals surface area (Å²) in [4.78, 5) is 19.0. The lowest BCUT2D eigenvalue weighted by molar-refractivity contribution is -0.0632. The van der Waals surface area contributed by atoms with E-state index in [1.54, 1.807) is 49.1 Å². The van der Waals surface area contributed by atoms with E-state index in [4.69, 9.17) is 4.74 Å². The number of carbonyl (C=O) groups excluding carboxylic acids is 1. The molecule has 2 aliphatic heterocycles. The second-order valence-electron chi connectivity index (χ2n) is 8.86. The second-order valence-corrected chi connectivity index (χ2v) is 10.6. The average molecular weight is 460 g/mol. The highest BCUT2D eigenvalue weighted by Crippen LogP contribution is 2.39. The number of carbonyl (C=O) groups is 1. The number of amides is 1. The number of aliphatic hydroxyl groups is 1. The topological polar surface area (TPSA) is 109 Å². The van der Waals surface area contributed by atoms with E-state index in [0.717, 1.165) is 24.8 Å². The maximum atomic E-state index is 13.1. The van der Waals surface area contributed by atoms with E-state index in [-0.39, 0.29) is 16.7 Å². The summed E-state index contributed by atoms with van der Waals surface area (Å²) in [6, 6.07) is 7.18. The van der Waals surface area contributed by atoms with Crippen molar-refractivity contribution in [2.24, 2.45) is 0 Å². The van der Waals surface area contributed by atoms with E-state index >= 15 is 0 Å². The summed E-state index contributed by atoms with van der Waals surface area (Å²) < 4.78 is 34.7. The molecular weight excluding hydrogens is 430 g/mol. The molecular formula is C23H29N3O5S. The Morgan fingerprint density at radius 1 is 1.25 bits per heavy atom. The molecule has 1 aromatic heterocycles. The highest BCUT2D eigenvalue weighted by molar-refractivity contribution is 7.89. The molecule has 0 radical (unpaired) electrons. The Labute approximate surface area is 188 Å². The van der Waals surface area contributed by atoms with Gasteiger partial charge in [0.2, 0.25) is 15.9 Å². The molecule has 32 heavy (non-hydrogen) atoms. The fourth-order valence-electron chi connectivity index (χ4n) is 4.15. The fraction of sp³-hybridized carbons (Fsp3) is 0.478. The number of hydrogen-bond donors (Lipinski definition) is 2. The number of sulfonamides is 1. The van der Waals surface area contributed by atoms with Gasteiger partial charge in [-0.3, -0.25) is 4.79 Å². The number of pyridine rings is 1. The summed E-state index contributed by atoms with van der Waals surface area (Å²) in [5.41, 5.74) is 0.629. The van der Waals surface area contributed by atoms with Crippen LogP contribution in [0.25, 0.3) is 0 Å². The summed E-state index contributed by atoms with van der Waals surface area (Å²) >= 11 is 0. The van der Waals surface area contributed by atoms with Gasteiger partial charge in [-0.2, -0.15) is 0 Å². The van der Waals surface area contributed by atoms with Gasteiger partial charge in [0, 0.05) is 24.8 Å². The third-order valence-corrected chi connectivity index (χ3v) is 7.62. The number of aromatic nitrogens is 1. The number of aliphatic hydroxyl groups excluding tert-OH is 1. The Morgan fingerprint density at radius 3 is 2.53 bits per heavy atom. The van der Waals surface area contributed by atoms with Gasteiger partial charge in [-0.15, -0.1) is 0 Å². The lowest BCUT2D eigenvalue weighted by Gasteiger charge is -2.41. The summed E-state index contributed by atoms with van der Waals surface area (Å²) in [5.74, 6) is 0.0428. The standard InChI is InChI=1S/C23H29N3O5S/c1-4-15-7-9-17(10-8-15)32(29,30)25-19-18-13-16(22(28)26-11-5-6-12-26)14-24-21(18)31-23(2,3)20(19)27/h7-10,13-14,19-20,25,27H,4-6,11-12H2,1-3H3/t19-,20+/m1/s1. The van der Waals surface area contributed by atoms with Crippen LogP contribution >= 0.6 is 0 Å². The van der Waals surface area contributed by atoms with E-state index in [1.165, 1.54) is 6.20 Å². The van der Waals surface area contributed by atoms with Gasteiger partial charge in [-0.1, -0.05) is 19.1 Å². The molecule has 0 aliphatic carbocycles. The predicted molar refractivity (Wildman–Crippen MR) is 119 cm³/mol. The zero-order chi connectivity index (χ0) is 23.1. The normalized spacial score (nSPS) is 22.3. The second kappa shape index (κ2) is 8.46. The Bertz CT molecular complexity index is 1110. The SMILES string of the molecule is CCc1ccc(S(=O)(=O)N[C@@H]2c3cc(C(=O)N4CCCC4)cnc3OC(C)(C)[C@H]2O)cc1. The Balaban J connectivity index is 1.70. The molecule has 2 atom stereocenters. The van der Waals surface area contributed by atoms with E-state index in [9.17, 15) is 18.3 Å². The quantitative estimate of drug-likeness (QED) is 0.711. The Morgan fingerprint density at radius 2 is 1.91 bits per heavy atom. The molecule has 2 N–H and O–H groups in total. The summed E-state index contributed by atoms with van der Waals surface area (Å²) in [5, 5.41) is 11.0. The first kappa shape index (κ1) is 22.7. The minimum Gasteiger partial charge on any atom is -0.469 e. The predicted octanol–water partition coefficient (Wildman–Crippen LogP) is 2.43. The molecule has 3 heterocycles. The number of ether oxygens (including phenoxy) is 1. The molecule has 0 bridgehead atoms. The van der Waals surface area contributed by atoms with E-state index in [0.29, 0.717) is 24.2 Å². The average Bonchev–Trinajstić information content (AvgIpc) is 3.31. The van der Waals surface area contributed by atoms with E-state index in [1.807, 2.05) is 6.92 Å². The van der Waals surface area contributed by atoms with Gasteiger partial charge in [0.15, 0.2) is 0 Å². The lowest BCUT2D eigenvalue weighted by Crippen LogP contribution is -2.53. The van der Waals surface area contributed by atoms with Crippen LogP contribution in [0.5, 0.6) is 5.88 Å². The third kappa shape index (κ3) is 4.24. The highest BCUT2D eigenvalue weighted by Gasteiger charge is 2.45. The molecule has 9 heteroatoms. The van der Waals surface area contributed by atoms with Crippen LogP contribution in [0, 0.1) is 0 Å². The van der Waals surface area contributed by atoms with Crippen LogP contribution in [0.1, 0.15) is 61.1 Å². The minimum absolute atomic E-state index is 0.102. The van der Waals surface area contributed by atoms with E-state index in [2.05, 4.69) is 9.71 Å². The zero-order valence-electron chi connectivity index (χ0n) is 18.5. The Kier molecular flexibility index (Phi) is 6.00. The van der Waals surface area contributed by atoms with Crippen LogP contribution in [0.4, 0.5) is 0 Å². The molecule has 172 valence electrons. The molecule has 0 spiro atoms. The van der Waals surface area contributed by atoms with Gasteiger partial charge in [0.25, 0.3) is 5.91 Å². The van der Waals surface area contributed by atoms with Crippen molar-refractivity contribution < 1.29 is 23.1 Å². The van der Waals surface area contributed by atoms with Crippen molar-refractivity contribution in [1.82, 2.24) is 14.6 Å². The molecule has 2 aromatic rings. The number of nitrogens with zero attached hydrogens (tertiary/aromatic N) is 2. The Hall–Kier alpha value is -2.49. The van der Waals surface area contributed by atoms with Crippen molar-refractivity contribution in [2.75, 3.05) is 13.1 Å². The molecule has 1 amide bonds. The minimum atomic E-state index is -3.95. The third-order valence-electron chi connectivity index (χ3n) is 6.17. The number of rotatable bonds is 5. The number of hydrogen-bond acceptors (Lipinski definition) is 6. The number of benzene rings is 1. The smallest absolute Gasteiger partial charge is 0.255 e. The van der Waals surface area contributed by atoms with Crippen molar-refractivity contribution in [3.63, 3.8) is 0 Å². The highest BCUT2D eigenvalue weighted by atomic mass is 32.2. The first-order chi connectivity index (χ1) is 15.1. The molecule has 1 aromatic carbocycles. The largest absolute Gasteiger partial charge is 0.469 e. The van der Waals surface area contributed by atoms with Crippen LogP contribution < -0.4 is 9.46 Å². The maximum absolute atomic E-state index is 13.1. The van der Waals surface area contributed by atoms with Gasteiger partial charge in [-0.05, 0) is 56.9 Å². The van der Waals surface area contributed by atoms with Crippen LogP contribution in [-0.4, -0.2) is 54.1 Å². The molecule has 2 aliphatic rings. The molecule has 0 saturated carbocycles. The number of fused-ring (bicyclic) bond motifs is 1. The van der Waals surface area contributed by atoms with E-state index < -0.39 is 27.8 Å². The van der Waals surface area contributed by atoms with Crippen LogP contribution in [-0.2, 0) is 16.4 Å². The van der Waals surface area contributed by atoms with Crippen molar-refractivity contribution in [1.29, 1.82) is 0 Å². The maximum Gasteiger partial charge on any atom is 0.255 e.